The van der Waals surface area contributed by atoms with Crippen LogP contribution in [0.3, 0.4) is 0 Å². The molecule has 0 bridgehead atoms. The van der Waals surface area contributed by atoms with Crippen LogP contribution in [0, 0.1) is 17.0 Å². The minimum atomic E-state index is -3.96. The zero-order chi connectivity index (χ0) is 18.9. The molecule has 1 aliphatic rings. The molecule has 1 aromatic heterocycles. The van der Waals surface area contributed by atoms with Crippen LogP contribution in [0.4, 0.5) is 10.7 Å². The van der Waals surface area contributed by atoms with Gasteiger partial charge in [-0.3, -0.25) is 15.0 Å². The van der Waals surface area contributed by atoms with Gasteiger partial charge in [0, 0.05) is 38.8 Å². The topological polar surface area (TPSA) is 110 Å². The molecule has 1 fully saturated rings. The highest BCUT2D eigenvalue weighted by molar-refractivity contribution is 7.91. The number of benzene rings is 1. The number of nitrogens with zero attached hydrogens (tertiary/aromatic N) is 3. The number of anilines is 1. The summed E-state index contributed by atoms with van der Waals surface area (Å²) in [5.41, 5.74) is 2.30. The lowest BCUT2D eigenvalue weighted by Gasteiger charge is -2.35. The molecule has 0 amide bonds. The van der Waals surface area contributed by atoms with Crippen molar-refractivity contribution in [1.82, 2.24) is 4.90 Å². The van der Waals surface area contributed by atoms with Crippen LogP contribution < -0.4 is 10.0 Å². The van der Waals surface area contributed by atoms with Crippen molar-refractivity contribution in [2.45, 2.75) is 17.7 Å². The smallest absolute Gasteiger partial charge is 0.305 e. The summed E-state index contributed by atoms with van der Waals surface area (Å²) in [5.74, 6) is 0. The van der Waals surface area contributed by atoms with E-state index in [9.17, 15) is 18.5 Å². The monoisotopic (exact) mass is 396 g/mol. The van der Waals surface area contributed by atoms with Gasteiger partial charge in [-0.2, -0.15) is 0 Å². The molecule has 2 aromatic rings. The van der Waals surface area contributed by atoms with E-state index in [2.05, 4.69) is 24.0 Å². The van der Waals surface area contributed by atoms with E-state index in [-0.39, 0.29) is 9.90 Å². The molecule has 0 spiro atoms. The number of hydrogen-bond acceptors (Lipinski definition) is 7. The van der Waals surface area contributed by atoms with Crippen LogP contribution in [0.15, 0.2) is 34.5 Å². The minimum Gasteiger partial charge on any atom is -0.355 e. The Hall–Kier alpha value is -2.01. The highest BCUT2D eigenvalue weighted by Gasteiger charge is 2.29. The van der Waals surface area contributed by atoms with Gasteiger partial charge in [-0.05, 0) is 18.1 Å². The molecule has 0 saturated carbocycles. The summed E-state index contributed by atoms with van der Waals surface area (Å²) in [5, 5.41) is 16.8. The number of sulfonamides is 1. The van der Waals surface area contributed by atoms with E-state index in [1.807, 2.05) is 17.0 Å². The zero-order valence-corrected chi connectivity index (χ0v) is 15.9. The summed E-state index contributed by atoms with van der Waals surface area (Å²) >= 11 is 0.862. The van der Waals surface area contributed by atoms with E-state index in [4.69, 9.17) is 5.14 Å². The second kappa shape index (κ2) is 7.31. The molecule has 26 heavy (non-hydrogen) atoms. The Morgan fingerprint density at radius 2 is 1.88 bits per heavy atom. The largest absolute Gasteiger partial charge is 0.355 e. The zero-order valence-electron chi connectivity index (χ0n) is 14.3. The number of hydrogen-bond donors (Lipinski definition) is 1. The van der Waals surface area contributed by atoms with Gasteiger partial charge in [0.2, 0.25) is 10.0 Å². The van der Waals surface area contributed by atoms with Gasteiger partial charge in [0.15, 0.2) is 5.00 Å². The summed E-state index contributed by atoms with van der Waals surface area (Å²) in [6.07, 6.45) is 0. The second-order valence-electron chi connectivity index (χ2n) is 6.25. The first-order chi connectivity index (χ1) is 12.3. The van der Waals surface area contributed by atoms with Crippen molar-refractivity contribution >= 4 is 32.0 Å². The van der Waals surface area contributed by atoms with Crippen molar-refractivity contribution in [1.29, 1.82) is 0 Å². The van der Waals surface area contributed by atoms with Gasteiger partial charge in [-0.1, -0.05) is 35.6 Å². The molecule has 0 unspecified atom stereocenters. The van der Waals surface area contributed by atoms with Crippen LogP contribution >= 0.6 is 11.3 Å². The fourth-order valence-electron chi connectivity index (χ4n) is 2.99. The van der Waals surface area contributed by atoms with Gasteiger partial charge in [0.05, 0.1) is 4.92 Å². The molecule has 2 heterocycles. The normalized spacial score (nSPS) is 16.0. The van der Waals surface area contributed by atoms with Crippen molar-refractivity contribution in [3.05, 3.63) is 51.6 Å². The van der Waals surface area contributed by atoms with Gasteiger partial charge < -0.3 is 4.90 Å². The molecule has 1 aromatic carbocycles. The Kier molecular flexibility index (Phi) is 5.28. The number of primary sulfonamides is 1. The fourth-order valence-corrected chi connectivity index (χ4v) is 4.87. The van der Waals surface area contributed by atoms with Crippen LogP contribution in [0.1, 0.15) is 11.1 Å². The van der Waals surface area contributed by atoms with Gasteiger partial charge >= 0.3 is 5.69 Å². The fraction of sp³-hybridized carbons (Fsp3) is 0.375. The lowest BCUT2D eigenvalue weighted by molar-refractivity contribution is -0.383. The second-order valence-corrected chi connectivity index (χ2v) is 9.07. The predicted octanol–water partition coefficient (Wildman–Crippen LogP) is 1.93. The predicted molar refractivity (Wildman–Crippen MR) is 101 cm³/mol. The number of nitro groups is 1. The van der Waals surface area contributed by atoms with Crippen LogP contribution in [0.25, 0.3) is 0 Å². The average Bonchev–Trinajstić information content (AvgIpc) is 3.03. The van der Waals surface area contributed by atoms with E-state index in [0.717, 1.165) is 37.0 Å². The van der Waals surface area contributed by atoms with Gasteiger partial charge in [0.1, 0.15) is 4.21 Å². The minimum absolute atomic E-state index is 0.179. The maximum atomic E-state index is 11.5. The Balaban J connectivity index is 1.73. The SMILES string of the molecule is Cc1ccccc1CN1CCN(c2sc(S(N)(=O)=O)cc2[N+](=O)[O-])CC1. The lowest BCUT2D eigenvalue weighted by atomic mass is 10.1. The van der Waals surface area contributed by atoms with Crippen molar-refractivity contribution in [3.8, 4) is 0 Å². The standard InChI is InChI=1S/C16H20N4O4S2/c1-12-4-2-3-5-13(12)11-18-6-8-19(9-7-18)16-14(20(21)22)10-15(25-16)26(17,23)24/h2-5,10H,6-9,11H2,1H3,(H2,17,23,24). The highest BCUT2D eigenvalue weighted by atomic mass is 32.2. The summed E-state index contributed by atoms with van der Waals surface area (Å²) in [6, 6.07) is 9.26. The molecule has 3 rings (SSSR count). The summed E-state index contributed by atoms with van der Waals surface area (Å²) < 4.78 is 22.9. The van der Waals surface area contributed by atoms with Crippen molar-refractivity contribution in [2.24, 2.45) is 5.14 Å². The molecule has 10 heteroatoms. The highest BCUT2D eigenvalue weighted by Crippen LogP contribution is 2.39. The number of nitrogens with two attached hydrogens (primary N) is 1. The number of rotatable bonds is 5. The molecular formula is C16H20N4O4S2. The number of aryl methyl sites for hydroxylation is 1. The lowest BCUT2D eigenvalue weighted by Crippen LogP contribution is -2.45. The Morgan fingerprint density at radius 3 is 2.46 bits per heavy atom. The summed E-state index contributed by atoms with van der Waals surface area (Å²) in [4.78, 5) is 14.9. The van der Waals surface area contributed by atoms with Crippen LogP contribution in [0.5, 0.6) is 0 Å². The molecular weight excluding hydrogens is 376 g/mol. The van der Waals surface area contributed by atoms with Gasteiger partial charge in [-0.15, -0.1) is 0 Å². The van der Waals surface area contributed by atoms with Crippen molar-refractivity contribution < 1.29 is 13.3 Å². The van der Waals surface area contributed by atoms with E-state index in [1.165, 1.54) is 11.1 Å². The quantitative estimate of drug-likeness (QED) is 0.611. The first-order valence-corrected chi connectivity index (χ1v) is 10.4. The Bertz CT molecular complexity index is 918. The third kappa shape index (κ3) is 4.04. The molecule has 2 N–H and O–H groups in total. The maximum absolute atomic E-state index is 11.5. The van der Waals surface area contributed by atoms with E-state index in [1.54, 1.807) is 0 Å². The molecule has 1 saturated heterocycles. The number of thiophene rings is 1. The van der Waals surface area contributed by atoms with Crippen molar-refractivity contribution in [2.75, 3.05) is 31.1 Å². The van der Waals surface area contributed by atoms with Gasteiger partial charge in [0.25, 0.3) is 0 Å². The van der Waals surface area contributed by atoms with Crippen LogP contribution in [-0.2, 0) is 16.6 Å². The third-order valence-electron chi connectivity index (χ3n) is 4.46. The first-order valence-electron chi connectivity index (χ1n) is 8.08. The Labute approximate surface area is 156 Å². The molecule has 0 radical (unpaired) electrons. The number of piperazine rings is 1. The first kappa shape index (κ1) is 18.8. The van der Waals surface area contributed by atoms with Crippen molar-refractivity contribution in [3.63, 3.8) is 0 Å². The summed E-state index contributed by atoms with van der Waals surface area (Å²) in [6.45, 7) is 5.58. The van der Waals surface area contributed by atoms with E-state index >= 15 is 0 Å². The maximum Gasteiger partial charge on any atom is 0.305 e. The van der Waals surface area contributed by atoms with Crippen LogP contribution in [-0.4, -0.2) is 44.4 Å². The average molecular weight is 396 g/mol. The van der Waals surface area contributed by atoms with E-state index < -0.39 is 14.9 Å². The summed E-state index contributed by atoms with van der Waals surface area (Å²) in [7, 11) is -3.96. The molecule has 0 atom stereocenters. The molecule has 0 aliphatic carbocycles. The molecule has 140 valence electrons. The van der Waals surface area contributed by atoms with Gasteiger partial charge in [-0.25, -0.2) is 13.6 Å². The molecule has 1 aliphatic heterocycles. The Morgan fingerprint density at radius 1 is 1.23 bits per heavy atom. The van der Waals surface area contributed by atoms with E-state index in [0.29, 0.717) is 18.1 Å². The molecule has 8 nitrogen and oxygen atoms in total. The third-order valence-corrected chi connectivity index (χ3v) is 7.07. The van der Waals surface area contributed by atoms with Crippen LogP contribution in [0.2, 0.25) is 0 Å².